The van der Waals surface area contributed by atoms with Crippen molar-refractivity contribution in [2.75, 3.05) is 26.2 Å². The molecule has 2 aliphatic carbocycles. The molecule has 8 heteroatoms. The molecule has 292 valence electrons. The summed E-state index contributed by atoms with van der Waals surface area (Å²) in [6, 6.07) is 21.1. The Morgan fingerprint density at radius 3 is 1.70 bits per heavy atom. The lowest BCUT2D eigenvalue weighted by Crippen LogP contribution is -2.40. The van der Waals surface area contributed by atoms with Crippen molar-refractivity contribution >= 4 is 53.4 Å². The third-order valence-corrected chi connectivity index (χ3v) is 13.2. The SMILES string of the molecule is CCc1cc2c(cc1Cl)C=Cc1cccnc1C2C1CCN(C(=O)Cc2cccnc2)CC1.CCc1cc2c(cc1Cl)C=Cc1cccnc1C2C1CCNCC1. The minimum Gasteiger partial charge on any atom is -0.342 e. The zero-order chi connectivity index (χ0) is 39.3. The maximum atomic E-state index is 12.9. The van der Waals surface area contributed by atoms with Crippen LogP contribution in [-0.2, 0) is 24.1 Å². The molecule has 0 radical (unpaired) electrons. The molecule has 1 amide bonds. The molecule has 6 nitrogen and oxygen atoms in total. The van der Waals surface area contributed by atoms with E-state index in [9.17, 15) is 4.79 Å². The van der Waals surface area contributed by atoms with Crippen molar-refractivity contribution in [1.29, 1.82) is 0 Å². The molecule has 2 atom stereocenters. The summed E-state index contributed by atoms with van der Waals surface area (Å²) >= 11 is 13.1. The van der Waals surface area contributed by atoms with Crippen LogP contribution in [0.2, 0.25) is 10.0 Å². The molecule has 5 heterocycles. The van der Waals surface area contributed by atoms with E-state index in [2.05, 4.69) is 84.9 Å². The Bertz CT molecular complexity index is 2270. The van der Waals surface area contributed by atoms with Crippen LogP contribution in [0, 0.1) is 11.8 Å². The van der Waals surface area contributed by atoms with Gasteiger partial charge in [0.25, 0.3) is 0 Å². The van der Waals surface area contributed by atoms with Crippen LogP contribution in [0.15, 0.2) is 85.5 Å². The highest BCUT2D eigenvalue weighted by Crippen LogP contribution is 2.45. The number of benzene rings is 2. The van der Waals surface area contributed by atoms with Gasteiger partial charge in [0.1, 0.15) is 0 Å². The largest absolute Gasteiger partial charge is 0.342 e. The molecule has 0 spiro atoms. The maximum Gasteiger partial charge on any atom is 0.227 e. The second-order valence-electron chi connectivity index (χ2n) is 15.8. The first-order valence-electron chi connectivity index (χ1n) is 20.7. The van der Waals surface area contributed by atoms with Gasteiger partial charge in [0, 0.05) is 59.8 Å². The van der Waals surface area contributed by atoms with E-state index in [1.807, 2.05) is 41.6 Å². The summed E-state index contributed by atoms with van der Waals surface area (Å²) in [5.74, 6) is 1.79. The fourth-order valence-corrected chi connectivity index (χ4v) is 10.0. The Labute approximate surface area is 347 Å². The number of halogens is 2. The molecule has 57 heavy (non-hydrogen) atoms. The smallest absolute Gasteiger partial charge is 0.227 e. The third kappa shape index (κ3) is 8.50. The first-order valence-corrected chi connectivity index (χ1v) is 21.4. The number of nitrogens with zero attached hydrogens (tertiary/aromatic N) is 4. The van der Waals surface area contributed by atoms with Crippen LogP contribution in [0.5, 0.6) is 0 Å². The second kappa shape index (κ2) is 17.9. The maximum absolute atomic E-state index is 12.9. The number of pyridine rings is 3. The highest BCUT2D eigenvalue weighted by molar-refractivity contribution is 6.32. The fraction of sp³-hybridized carbons (Fsp3) is 0.347. The number of hydrogen-bond acceptors (Lipinski definition) is 5. The van der Waals surface area contributed by atoms with Gasteiger partial charge in [-0.1, -0.05) is 91.7 Å². The van der Waals surface area contributed by atoms with Gasteiger partial charge in [-0.15, -0.1) is 0 Å². The van der Waals surface area contributed by atoms with E-state index >= 15 is 0 Å². The van der Waals surface area contributed by atoms with Crippen LogP contribution < -0.4 is 5.32 Å². The number of piperidine rings is 2. The molecule has 2 saturated heterocycles. The summed E-state index contributed by atoms with van der Waals surface area (Å²) in [4.78, 5) is 28.7. The van der Waals surface area contributed by atoms with E-state index in [0.717, 1.165) is 73.2 Å². The number of carbonyl (C=O) groups excluding carboxylic acids is 1. The van der Waals surface area contributed by atoms with E-state index in [0.29, 0.717) is 24.2 Å². The van der Waals surface area contributed by atoms with E-state index in [4.69, 9.17) is 33.2 Å². The minimum absolute atomic E-state index is 0.183. The lowest BCUT2D eigenvalue weighted by atomic mass is 9.76. The molecule has 1 N–H and O–H groups in total. The Kier molecular flexibility index (Phi) is 12.3. The summed E-state index contributed by atoms with van der Waals surface area (Å²) in [5, 5.41) is 5.20. The average Bonchev–Trinajstić information content (AvgIpc) is 3.51. The van der Waals surface area contributed by atoms with Crippen molar-refractivity contribution < 1.29 is 4.79 Å². The van der Waals surface area contributed by atoms with Gasteiger partial charge >= 0.3 is 0 Å². The van der Waals surface area contributed by atoms with Crippen molar-refractivity contribution in [3.63, 3.8) is 0 Å². The quantitative estimate of drug-likeness (QED) is 0.185. The minimum atomic E-state index is 0.183. The number of nitrogens with one attached hydrogen (secondary N) is 1. The number of aromatic nitrogens is 3. The molecular formula is C49H51Cl2N5O. The van der Waals surface area contributed by atoms with Gasteiger partial charge in [-0.2, -0.15) is 0 Å². The molecular weight excluding hydrogens is 745 g/mol. The van der Waals surface area contributed by atoms with E-state index < -0.39 is 0 Å². The Morgan fingerprint density at radius 1 is 0.684 bits per heavy atom. The first kappa shape index (κ1) is 39.2. The Hall–Kier alpha value is -4.62. The topological polar surface area (TPSA) is 71.0 Å². The van der Waals surface area contributed by atoms with Gasteiger partial charge in [-0.3, -0.25) is 19.7 Å². The Balaban J connectivity index is 0.000000168. The zero-order valence-electron chi connectivity index (χ0n) is 32.9. The first-order chi connectivity index (χ1) is 27.9. The standard InChI is InChI=1S/C28H28ClN3O.C21H23ClN2/c1-2-20-16-24-23(17-25(20)29)8-7-22-6-4-12-31-28(22)27(24)21-9-13-32(14-10-21)26(33)15-19-5-3-11-30-18-19;1-2-14-12-18-17(13-19(14)22)6-5-16-4-3-9-24-21(16)20(18)15-7-10-23-11-8-15/h3-8,11-12,16-18,21,27H,2,9-10,13-15H2,1H3;3-6,9,12-13,15,20,23H,2,7-8,10-11H2,1H3. The highest BCUT2D eigenvalue weighted by Gasteiger charge is 2.35. The van der Waals surface area contributed by atoms with Gasteiger partial charge < -0.3 is 10.2 Å². The number of aryl methyl sites for hydroxylation is 2. The fourth-order valence-electron chi connectivity index (χ4n) is 9.39. The van der Waals surface area contributed by atoms with Crippen LogP contribution in [0.1, 0.15) is 113 Å². The van der Waals surface area contributed by atoms with E-state index in [1.165, 1.54) is 63.0 Å². The molecule has 3 aromatic heterocycles. The predicted molar refractivity (Wildman–Crippen MR) is 235 cm³/mol. The second-order valence-corrected chi connectivity index (χ2v) is 16.6. The molecule has 4 aliphatic rings. The van der Waals surface area contributed by atoms with Crippen molar-refractivity contribution in [2.45, 2.75) is 70.6 Å². The van der Waals surface area contributed by atoms with Crippen molar-refractivity contribution in [1.82, 2.24) is 25.2 Å². The molecule has 2 unspecified atom stereocenters. The van der Waals surface area contributed by atoms with E-state index in [-0.39, 0.29) is 11.8 Å². The molecule has 2 fully saturated rings. The summed E-state index contributed by atoms with van der Waals surface area (Å²) in [7, 11) is 0. The number of rotatable bonds is 6. The van der Waals surface area contributed by atoms with Crippen LogP contribution in [0.25, 0.3) is 24.3 Å². The number of fused-ring (bicyclic) bond motifs is 4. The summed E-state index contributed by atoms with van der Waals surface area (Å²) in [6.07, 6.45) is 22.7. The van der Waals surface area contributed by atoms with Crippen LogP contribution >= 0.6 is 23.2 Å². The lowest BCUT2D eigenvalue weighted by Gasteiger charge is -2.37. The molecule has 0 saturated carbocycles. The zero-order valence-corrected chi connectivity index (χ0v) is 34.4. The van der Waals surface area contributed by atoms with Crippen LogP contribution in [0.3, 0.4) is 0 Å². The lowest BCUT2D eigenvalue weighted by molar-refractivity contribution is -0.131. The summed E-state index contributed by atoms with van der Waals surface area (Å²) < 4.78 is 0. The number of carbonyl (C=O) groups is 1. The molecule has 0 bridgehead atoms. The summed E-state index contributed by atoms with van der Waals surface area (Å²) in [6.45, 7) is 8.07. The molecule has 2 aromatic carbocycles. The highest BCUT2D eigenvalue weighted by atomic mass is 35.5. The predicted octanol–water partition coefficient (Wildman–Crippen LogP) is 10.7. The van der Waals surface area contributed by atoms with Crippen LogP contribution in [-0.4, -0.2) is 51.9 Å². The molecule has 2 aliphatic heterocycles. The normalized spacial score (nSPS) is 18.9. The monoisotopic (exact) mass is 795 g/mol. The van der Waals surface area contributed by atoms with Crippen LogP contribution in [0.4, 0.5) is 0 Å². The van der Waals surface area contributed by atoms with Gasteiger partial charge in [-0.25, -0.2) is 0 Å². The molecule has 9 rings (SSSR count). The third-order valence-electron chi connectivity index (χ3n) is 12.4. The number of hydrogen-bond donors (Lipinski definition) is 1. The van der Waals surface area contributed by atoms with Gasteiger partial charge in [-0.05, 0) is 144 Å². The van der Waals surface area contributed by atoms with Crippen molar-refractivity contribution in [2.24, 2.45) is 11.8 Å². The summed E-state index contributed by atoms with van der Waals surface area (Å²) in [5.41, 5.74) is 13.3. The van der Waals surface area contributed by atoms with Gasteiger partial charge in [0.05, 0.1) is 17.8 Å². The number of amides is 1. The Morgan fingerprint density at radius 2 is 1.19 bits per heavy atom. The van der Waals surface area contributed by atoms with Gasteiger partial charge in [0.2, 0.25) is 5.91 Å². The van der Waals surface area contributed by atoms with E-state index in [1.54, 1.807) is 12.4 Å². The van der Waals surface area contributed by atoms with Gasteiger partial charge in [0.15, 0.2) is 0 Å². The van der Waals surface area contributed by atoms with Crippen molar-refractivity contribution in [3.8, 4) is 0 Å². The number of likely N-dealkylation sites (tertiary alicyclic amines) is 1. The van der Waals surface area contributed by atoms with Crippen molar-refractivity contribution in [3.05, 3.63) is 157 Å². The molecule has 5 aromatic rings. The average molecular weight is 797 g/mol.